The summed E-state index contributed by atoms with van der Waals surface area (Å²) in [6, 6.07) is 2.97. The minimum atomic E-state index is -0.453. The lowest BCUT2D eigenvalue weighted by Gasteiger charge is -2.31. The van der Waals surface area contributed by atoms with Crippen molar-refractivity contribution in [3.05, 3.63) is 45.5 Å². The number of H-pyrrole nitrogens is 1. The van der Waals surface area contributed by atoms with Gasteiger partial charge in [0.15, 0.2) is 6.10 Å². The number of aromatic nitrogens is 3. The molecule has 8 heteroatoms. The summed E-state index contributed by atoms with van der Waals surface area (Å²) in [5.74, 6) is 0.841. The summed E-state index contributed by atoms with van der Waals surface area (Å²) in [5, 5.41) is 8.02. The highest BCUT2D eigenvalue weighted by atomic mass is 16.5. The van der Waals surface area contributed by atoms with Crippen molar-refractivity contribution in [2.24, 2.45) is 0 Å². The number of pyridine rings is 1. The first-order valence-electron chi connectivity index (χ1n) is 7.89. The third-order valence-corrected chi connectivity index (χ3v) is 3.81. The molecule has 0 bridgehead atoms. The van der Waals surface area contributed by atoms with Crippen LogP contribution in [0, 0.1) is 6.92 Å². The van der Waals surface area contributed by atoms with Gasteiger partial charge in [0.1, 0.15) is 0 Å². The number of rotatable bonds is 3. The fourth-order valence-electron chi connectivity index (χ4n) is 2.58. The van der Waals surface area contributed by atoms with Crippen LogP contribution in [0.2, 0.25) is 0 Å². The number of aryl methyl sites for hydroxylation is 1. The van der Waals surface area contributed by atoms with Gasteiger partial charge in [0.2, 0.25) is 17.3 Å². The van der Waals surface area contributed by atoms with Gasteiger partial charge in [-0.05, 0) is 13.0 Å². The fraction of sp³-hybridized carbons (Fsp3) is 0.500. The minimum absolute atomic E-state index is 0.131. The normalized spacial score (nSPS) is 18.2. The van der Waals surface area contributed by atoms with Crippen molar-refractivity contribution in [1.29, 1.82) is 0 Å². The number of carbonyl (C=O) groups excluding carboxylic acids is 1. The average molecular weight is 332 g/mol. The van der Waals surface area contributed by atoms with Crippen molar-refractivity contribution in [1.82, 2.24) is 20.1 Å². The standard InChI is InChI=1S/C16H20N4O4/c1-9(2)14-18-19-15(24-14)12-8-20(4-5-23-12)16(22)11-6-10(3)17-13(21)7-11/h6-7,9,12H,4-5,8H2,1-3H3,(H,17,21)/t12-/m0/s1. The van der Waals surface area contributed by atoms with Gasteiger partial charge in [0.05, 0.1) is 13.2 Å². The van der Waals surface area contributed by atoms with Crippen LogP contribution in [0.4, 0.5) is 0 Å². The third kappa shape index (κ3) is 3.38. The Balaban J connectivity index is 1.77. The highest BCUT2D eigenvalue weighted by molar-refractivity contribution is 5.94. The number of carbonyl (C=O) groups is 1. The smallest absolute Gasteiger partial charge is 0.254 e. The molecule has 0 spiro atoms. The monoisotopic (exact) mass is 332 g/mol. The van der Waals surface area contributed by atoms with Gasteiger partial charge in [-0.3, -0.25) is 9.59 Å². The van der Waals surface area contributed by atoms with Gasteiger partial charge in [-0.2, -0.15) is 0 Å². The van der Waals surface area contributed by atoms with Gasteiger partial charge in [0.25, 0.3) is 5.91 Å². The zero-order chi connectivity index (χ0) is 17.3. The van der Waals surface area contributed by atoms with Crippen LogP contribution in [0.25, 0.3) is 0 Å². The number of morpholine rings is 1. The largest absolute Gasteiger partial charge is 0.422 e. The fourth-order valence-corrected chi connectivity index (χ4v) is 2.58. The van der Waals surface area contributed by atoms with Gasteiger partial charge >= 0.3 is 0 Å². The summed E-state index contributed by atoms with van der Waals surface area (Å²) in [5.41, 5.74) is 0.723. The summed E-state index contributed by atoms with van der Waals surface area (Å²) in [6.07, 6.45) is -0.453. The molecule has 8 nitrogen and oxygen atoms in total. The van der Waals surface area contributed by atoms with E-state index in [-0.39, 0.29) is 17.4 Å². The molecule has 3 heterocycles. The number of hydrogen-bond donors (Lipinski definition) is 1. The number of nitrogens with zero attached hydrogens (tertiary/aromatic N) is 3. The molecule has 1 saturated heterocycles. The Bertz CT molecular complexity index is 795. The molecule has 0 unspecified atom stereocenters. The van der Waals surface area contributed by atoms with Crippen LogP contribution < -0.4 is 5.56 Å². The number of ether oxygens (including phenoxy) is 1. The second kappa shape index (κ2) is 6.56. The van der Waals surface area contributed by atoms with E-state index in [2.05, 4.69) is 15.2 Å². The van der Waals surface area contributed by atoms with Gasteiger partial charge in [-0.25, -0.2) is 0 Å². The van der Waals surface area contributed by atoms with Crippen molar-refractivity contribution in [3.8, 4) is 0 Å². The summed E-state index contributed by atoms with van der Waals surface area (Å²) >= 11 is 0. The first-order chi connectivity index (χ1) is 11.4. The zero-order valence-corrected chi connectivity index (χ0v) is 13.9. The molecule has 1 N–H and O–H groups in total. The lowest BCUT2D eigenvalue weighted by molar-refractivity contribution is -0.0351. The Morgan fingerprint density at radius 2 is 2.17 bits per heavy atom. The van der Waals surface area contributed by atoms with Crippen molar-refractivity contribution >= 4 is 5.91 Å². The van der Waals surface area contributed by atoms with Crippen LogP contribution in [0.1, 0.15) is 53.7 Å². The van der Waals surface area contributed by atoms with Crippen LogP contribution in [0.15, 0.2) is 21.3 Å². The first-order valence-corrected chi connectivity index (χ1v) is 7.89. The van der Waals surface area contributed by atoms with Crippen LogP contribution in [-0.2, 0) is 4.74 Å². The Morgan fingerprint density at radius 3 is 2.83 bits per heavy atom. The molecule has 0 saturated carbocycles. The predicted octanol–water partition coefficient (Wildman–Crippen LogP) is 1.40. The van der Waals surface area contributed by atoms with Gasteiger partial charge in [0, 0.05) is 29.8 Å². The van der Waals surface area contributed by atoms with Crippen molar-refractivity contribution in [2.75, 3.05) is 19.7 Å². The van der Waals surface area contributed by atoms with Crippen molar-refractivity contribution < 1.29 is 13.9 Å². The molecule has 0 radical (unpaired) electrons. The summed E-state index contributed by atoms with van der Waals surface area (Å²) in [4.78, 5) is 28.5. The van der Waals surface area contributed by atoms with E-state index in [1.54, 1.807) is 17.9 Å². The summed E-state index contributed by atoms with van der Waals surface area (Å²) < 4.78 is 11.3. The molecule has 128 valence electrons. The molecule has 1 fully saturated rings. The first kappa shape index (κ1) is 16.4. The van der Waals surface area contributed by atoms with E-state index >= 15 is 0 Å². The average Bonchev–Trinajstić information content (AvgIpc) is 3.03. The summed E-state index contributed by atoms with van der Waals surface area (Å²) in [7, 11) is 0. The number of hydrogen-bond acceptors (Lipinski definition) is 6. The third-order valence-electron chi connectivity index (χ3n) is 3.81. The molecular formula is C16H20N4O4. The maximum absolute atomic E-state index is 12.6. The van der Waals surface area contributed by atoms with E-state index in [1.165, 1.54) is 6.07 Å². The highest BCUT2D eigenvalue weighted by Crippen LogP contribution is 2.24. The highest BCUT2D eigenvalue weighted by Gasteiger charge is 2.30. The van der Waals surface area contributed by atoms with E-state index in [4.69, 9.17) is 9.15 Å². The molecule has 1 aliphatic heterocycles. The molecule has 2 aromatic rings. The maximum Gasteiger partial charge on any atom is 0.254 e. The molecule has 0 aliphatic carbocycles. The predicted molar refractivity (Wildman–Crippen MR) is 84.8 cm³/mol. The van der Waals surface area contributed by atoms with Crippen LogP contribution in [0.3, 0.4) is 0 Å². The minimum Gasteiger partial charge on any atom is -0.422 e. The van der Waals surface area contributed by atoms with Crippen LogP contribution in [-0.4, -0.2) is 45.7 Å². The summed E-state index contributed by atoms with van der Waals surface area (Å²) in [6.45, 7) is 6.80. The van der Waals surface area contributed by atoms with Crippen LogP contribution >= 0.6 is 0 Å². The van der Waals surface area contributed by atoms with Crippen molar-refractivity contribution in [3.63, 3.8) is 0 Å². The van der Waals surface area contributed by atoms with Gasteiger partial charge in [-0.1, -0.05) is 13.8 Å². The molecule has 24 heavy (non-hydrogen) atoms. The Kier molecular flexibility index (Phi) is 4.48. The van der Waals surface area contributed by atoms with Gasteiger partial charge < -0.3 is 19.0 Å². The Morgan fingerprint density at radius 1 is 1.38 bits per heavy atom. The molecule has 0 aromatic carbocycles. The molecule has 1 amide bonds. The topological polar surface area (TPSA) is 101 Å². The maximum atomic E-state index is 12.6. The molecule has 3 rings (SSSR count). The van der Waals surface area contributed by atoms with Gasteiger partial charge in [-0.15, -0.1) is 10.2 Å². The Hall–Kier alpha value is -2.48. The second-order valence-electron chi connectivity index (χ2n) is 6.16. The van der Waals surface area contributed by atoms with E-state index in [0.717, 1.165) is 0 Å². The molecule has 1 atom stereocenters. The van der Waals surface area contributed by atoms with E-state index in [9.17, 15) is 9.59 Å². The Labute approximate surface area is 138 Å². The second-order valence-corrected chi connectivity index (χ2v) is 6.16. The number of aromatic amines is 1. The molecular weight excluding hydrogens is 312 g/mol. The van der Waals surface area contributed by atoms with E-state index in [1.807, 2.05) is 13.8 Å². The quantitative estimate of drug-likeness (QED) is 0.912. The number of amides is 1. The lowest BCUT2D eigenvalue weighted by atomic mass is 10.1. The molecule has 1 aliphatic rings. The van der Waals surface area contributed by atoms with E-state index in [0.29, 0.717) is 42.7 Å². The van der Waals surface area contributed by atoms with Crippen LogP contribution in [0.5, 0.6) is 0 Å². The number of nitrogens with one attached hydrogen (secondary N) is 1. The van der Waals surface area contributed by atoms with Crippen molar-refractivity contribution in [2.45, 2.75) is 32.8 Å². The lowest BCUT2D eigenvalue weighted by Crippen LogP contribution is -2.42. The SMILES string of the molecule is Cc1cc(C(=O)N2CCO[C@H](c3nnc(C(C)C)o3)C2)cc(=O)[nH]1. The zero-order valence-electron chi connectivity index (χ0n) is 13.9. The molecule has 2 aromatic heterocycles. The van der Waals surface area contributed by atoms with E-state index < -0.39 is 6.10 Å².